The minimum Gasteiger partial charge on any atom is -0.409 e. The van der Waals surface area contributed by atoms with Crippen molar-refractivity contribution in [2.24, 2.45) is 10.9 Å². The largest absolute Gasteiger partial charge is 0.409 e. The number of ether oxygens (including phenoxy) is 2. The van der Waals surface area contributed by atoms with Crippen LogP contribution in [0.1, 0.15) is 25.0 Å². The minimum atomic E-state index is -0.450. The molecule has 0 bridgehead atoms. The first-order valence-corrected chi connectivity index (χ1v) is 6.00. The average Bonchev–Trinajstić information content (AvgIpc) is 2.38. The number of oxime groups is 1. The summed E-state index contributed by atoms with van der Waals surface area (Å²) in [4.78, 5) is 0. The molecule has 0 atom stereocenters. The Bertz CT molecular complexity index is 436. The second-order valence-corrected chi connectivity index (χ2v) is 4.26. The van der Waals surface area contributed by atoms with Crippen LogP contribution < -0.4 is 5.73 Å². The lowest BCUT2D eigenvalue weighted by Crippen LogP contribution is -2.14. The van der Waals surface area contributed by atoms with Crippen molar-refractivity contribution in [2.75, 3.05) is 13.2 Å². The summed E-state index contributed by atoms with van der Waals surface area (Å²) in [5, 5.41) is 11.3. The van der Waals surface area contributed by atoms with Gasteiger partial charge in [-0.1, -0.05) is 17.3 Å². The van der Waals surface area contributed by atoms with Gasteiger partial charge in [-0.15, -0.1) is 0 Å². The molecule has 0 aliphatic heterocycles. The van der Waals surface area contributed by atoms with Crippen molar-refractivity contribution in [3.63, 3.8) is 0 Å². The highest BCUT2D eigenvalue weighted by Crippen LogP contribution is 2.11. The fraction of sp³-hybridized carbons (Fsp3) is 0.462. The van der Waals surface area contributed by atoms with Crippen LogP contribution in [0.25, 0.3) is 0 Å². The van der Waals surface area contributed by atoms with Crippen LogP contribution in [-0.2, 0) is 16.1 Å². The first-order valence-electron chi connectivity index (χ1n) is 6.00. The number of rotatable bonds is 7. The van der Waals surface area contributed by atoms with Crippen molar-refractivity contribution in [3.8, 4) is 0 Å². The molecule has 0 spiro atoms. The molecule has 0 amide bonds. The molecule has 1 rings (SSSR count). The molecule has 0 heterocycles. The van der Waals surface area contributed by atoms with Crippen molar-refractivity contribution in [3.05, 3.63) is 35.1 Å². The Balaban J connectivity index is 2.47. The second kappa shape index (κ2) is 7.70. The third kappa shape index (κ3) is 5.23. The van der Waals surface area contributed by atoms with E-state index in [1.807, 2.05) is 13.8 Å². The Morgan fingerprint density at radius 1 is 1.42 bits per heavy atom. The number of halogens is 1. The Morgan fingerprint density at radius 2 is 2.16 bits per heavy atom. The third-order valence-corrected chi connectivity index (χ3v) is 2.39. The molecular formula is C13H19FN2O3. The van der Waals surface area contributed by atoms with Gasteiger partial charge in [-0.3, -0.25) is 0 Å². The standard InChI is InChI=1S/C13H19FN2O3/c1-9(2)19-6-5-18-8-11-4-3-10(7-12(11)14)13(15)16-17/h3-4,7,9,17H,5-6,8H2,1-2H3,(H2,15,16). The monoisotopic (exact) mass is 270 g/mol. The SMILES string of the molecule is CC(C)OCCOCc1ccc(/C(N)=N/O)cc1F. The molecule has 19 heavy (non-hydrogen) atoms. The molecule has 1 aromatic carbocycles. The van der Waals surface area contributed by atoms with E-state index in [1.165, 1.54) is 6.07 Å². The normalized spacial score (nSPS) is 12.1. The van der Waals surface area contributed by atoms with E-state index in [9.17, 15) is 4.39 Å². The summed E-state index contributed by atoms with van der Waals surface area (Å²) in [6.07, 6.45) is 0.153. The van der Waals surface area contributed by atoms with Crippen molar-refractivity contribution in [1.29, 1.82) is 0 Å². The number of amidine groups is 1. The molecule has 106 valence electrons. The van der Waals surface area contributed by atoms with E-state index in [2.05, 4.69) is 5.16 Å². The zero-order valence-corrected chi connectivity index (χ0v) is 11.1. The topological polar surface area (TPSA) is 77.1 Å². The highest BCUT2D eigenvalue weighted by molar-refractivity contribution is 5.97. The number of hydrogen-bond donors (Lipinski definition) is 2. The van der Waals surface area contributed by atoms with Crippen LogP contribution in [0, 0.1) is 5.82 Å². The lowest BCUT2D eigenvalue weighted by molar-refractivity contribution is 0.0137. The van der Waals surface area contributed by atoms with Gasteiger partial charge in [0.25, 0.3) is 0 Å². The zero-order chi connectivity index (χ0) is 14.3. The van der Waals surface area contributed by atoms with E-state index >= 15 is 0 Å². The predicted octanol–water partition coefficient (Wildman–Crippen LogP) is 1.86. The van der Waals surface area contributed by atoms with Gasteiger partial charge in [-0.05, 0) is 19.9 Å². The van der Waals surface area contributed by atoms with Gasteiger partial charge in [0.1, 0.15) is 5.82 Å². The van der Waals surface area contributed by atoms with Crippen molar-refractivity contribution in [2.45, 2.75) is 26.6 Å². The van der Waals surface area contributed by atoms with Crippen LogP contribution in [0.3, 0.4) is 0 Å². The Labute approximate surface area is 111 Å². The summed E-state index contributed by atoms with van der Waals surface area (Å²) in [6.45, 7) is 4.90. The van der Waals surface area contributed by atoms with Crippen molar-refractivity contribution in [1.82, 2.24) is 0 Å². The highest BCUT2D eigenvalue weighted by atomic mass is 19.1. The summed E-state index contributed by atoms with van der Waals surface area (Å²) in [5.74, 6) is -0.578. The minimum absolute atomic E-state index is 0.128. The predicted molar refractivity (Wildman–Crippen MR) is 69.7 cm³/mol. The van der Waals surface area contributed by atoms with Crippen LogP contribution >= 0.6 is 0 Å². The van der Waals surface area contributed by atoms with Crippen LogP contribution in [-0.4, -0.2) is 30.4 Å². The van der Waals surface area contributed by atoms with E-state index in [0.29, 0.717) is 24.3 Å². The smallest absolute Gasteiger partial charge is 0.170 e. The van der Waals surface area contributed by atoms with Gasteiger partial charge in [0.15, 0.2) is 5.84 Å². The maximum atomic E-state index is 13.7. The molecule has 6 heteroatoms. The second-order valence-electron chi connectivity index (χ2n) is 4.26. The fourth-order valence-electron chi connectivity index (χ4n) is 1.41. The summed E-state index contributed by atoms with van der Waals surface area (Å²) in [6, 6.07) is 4.33. The maximum absolute atomic E-state index is 13.7. The van der Waals surface area contributed by atoms with E-state index < -0.39 is 5.82 Å². The highest BCUT2D eigenvalue weighted by Gasteiger charge is 2.06. The molecule has 0 aromatic heterocycles. The van der Waals surface area contributed by atoms with Crippen LogP contribution in [0.4, 0.5) is 4.39 Å². The molecule has 3 N–H and O–H groups in total. The summed E-state index contributed by atoms with van der Waals surface area (Å²) >= 11 is 0. The molecule has 0 saturated carbocycles. The van der Waals surface area contributed by atoms with E-state index in [-0.39, 0.29) is 18.5 Å². The Hall–Kier alpha value is -1.66. The van der Waals surface area contributed by atoms with Gasteiger partial charge in [-0.25, -0.2) is 4.39 Å². The van der Waals surface area contributed by atoms with Crippen LogP contribution in [0.2, 0.25) is 0 Å². The lowest BCUT2D eigenvalue weighted by Gasteiger charge is -2.09. The van der Waals surface area contributed by atoms with Gasteiger partial charge >= 0.3 is 0 Å². The Morgan fingerprint density at radius 3 is 2.74 bits per heavy atom. The molecule has 1 aromatic rings. The van der Waals surface area contributed by atoms with Gasteiger partial charge < -0.3 is 20.4 Å². The molecule has 0 aliphatic rings. The molecule has 0 unspecified atom stereocenters. The van der Waals surface area contributed by atoms with Gasteiger partial charge in [-0.2, -0.15) is 0 Å². The molecule has 0 saturated heterocycles. The molecular weight excluding hydrogens is 251 g/mol. The molecule has 0 radical (unpaired) electrons. The number of nitrogens with zero attached hydrogens (tertiary/aromatic N) is 1. The van der Waals surface area contributed by atoms with E-state index in [4.69, 9.17) is 20.4 Å². The first kappa shape index (κ1) is 15.4. The summed E-state index contributed by atoms with van der Waals surface area (Å²) in [7, 11) is 0. The summed E-state index contributed by atoms with van der Waals surface area (Å²) in [5.41, 5.74) is 6.11. The van der Waals surface area contributed by atoms with E-state index in [1.54, 1.807) is 12.1 Å². The van der Waals surface area contributed by atoms with Gasteiger partial charge in [0.05, 0.1) is 25.9 Å². The maximum Gasteiger partial charge on any atom is 0.170 e. The summed E-state index contributed by atoms with van der Waals surface area (Å²) < 4.78 is 24.3. The zero-order valence-electron chi connectivity index (χ0n) is 11.1. The third-order valence-electron chi connectivity index (χ3n) is 2.39. The number of benzene rings is 1. The number of hydrogen-bond acceptors (Lipinski definition) is 4. The lowest BCUT2D eigenvalue weighted by atomic mass is 10.1. The molecule has 5 nitrogen and oxygen atoms in total. The van der Waals surface area contributed by atoms with E-state index in [0.717, 1.165) is 0 Å². The van der Waals surface area contributed by atoms with Gasteiger partial charge in [0, 0.05) is 11.1 Å². The molecule has 0 fully saturated rings. The van der Waals surface area contributed by atoms with Crippen molar-refractivity contribution >= 4 is 5.84 Å². The van der Waals surface area contributed by atoms with Crippen LogP contribution in [0.15, 0.2) is 23.4 Å². The average molecular weight is 270 g/mol. The molecule has 0 aliphatic carbocycles. The quantitative estimate of drug-likeness (QED) is 0.261. The fourth-order valence-corrected chi connectivity index (χ4v) is 1.41. The number of nitrogens with two attached hydrogens (primary N) is 1. The van der Waals surface area contributed by atoms with Crippen molar-refractivity contribution < 1.29 is 19.1 Å². The van der Waals surface area contributed by atoms with Crippen LogP contribution in [0.5, 0.6) is 0 Å². The van der Waals surface area contributed by atoms with Gasteiger partial charge in [0.2, 0.25) is 0 Å². The first-order chi connectivity index (χ1) is 9.04. The Kier molecular flexibility index (Phi) is 6.24.